The van der Waals surface area contributed by atoms with Crippen LogP contribution in [0.1, 0.15) is 49.7 Å². The summed E-state index contributed by atoms with van der Waals surface area (Å²) in [7, 11) is 2.29. The number of amides is 2. The first-order valence-electron chi connectivity index (χ1n) is 8.37. The lowest BCUT2D eigenvalue weighted by molar-refractivity contribution is -0.151. The molecule has 1 heterocycles. The normalized spacial score (nSPS) is 35.7. The molecule has 3 aliphatic rings. The van der Waals surface area contributed by atoms with Gasteiger partial charge in [-0.05, 0) is 66.7 Å². The van der Waals surface area contributed by atoms with Crippen LogP contribution < -0.4 is 9.84 Å². The topological polar surface area (TPSA) is 55.4 Å². The predicted octanol–water partition coefficient (Wildman–Crippen LogP) is 2.96. The Hall–Kier alpha value is -1.41. The van der Waals surface area contributed by atoms with Gasteiger partial charge in [-0.25, -0.2) is 0 Å². The molecule has 1 N–H and O–H groups in total. The Balaban J connectivity index is 1.71. The van der Waals surface area contributed by atoms with Crippen molar-refractivity contribution in [3.63, 3.8) is 0 Å². The first-order valence-corrected chi connectivity index (χ1v) is 8.84. The zero-order valence-electron chi connectivity index (χ0n) is 13.3. The predicted molar refractivity (Wildman–Crippen MR) is 89.9 cm³/mol. The molecule has 0 radical (unpaired) electrons. The molecule has 4 nitrogen and oxygen atoms in total. The molecular formula is C18H22NO3P. The van der Waals surface area contributed by atoms with Crippen LogP contribution in [0, 0.1) is 17.3 Å². The van der Waals surface area contributed by atoms with Crippen molar-refractivity contribution in [1.29, 1.82) is 0 Å². The van der Waals surface area contributed by atoms with Gasteiger partial charge in [0.25, 0.3) is 0 Å². The van der Waals surface area contributed by atoms with Crippen molar-refractivity contribution >= 4 is 21.3 Å². The molecular weight excluding hydrogens is 309 g/mol. The van der Waals surface area contributed by atoms with Gasteiger partial charge in [0, 0.05) is 6.42 Å². The minimum absolute atomic E-state index is 0.0604. The molecule has 4 rings (SSSR count). The van der Waals surface area contributed by atoms with Gasteiger partial charge in [-0.3, -0.25) is 14.9 Å². The Morgan fingerprint density at radius 3 is 2.91 bits per heavy atom. The van der Waals surface area contributed by atoms with Gasteiger partial charge in [0.15, 0.2) is 0 Å². The van der Waals surface area contributed by atoms with E-state index in [1.54, 1.807) is 0 Å². The van der Waals surface area contributed by atoms with E-state index in [9.17, 15) is 9.59 Å². The van der Waals surface area contributed by atoms with Crippen LogP contribution in [0.2, 0.25) is 0 Å². The fraction of sp³-hybridized carbons (Fsp3) is 0.556. The number of imide groups is 1. The summed E-state index contributed by atoms with van der Waals surface area (Å²) in [6, 6.07) is 6.32. The quantitative estimate of drug-likeness (QED) is 0.636. The average Bonchev–Trinajstić information content (AvgIpc) is 2.55. The monoisotopic (exact) mass is 331 g/mol. The molecule has 2 amide bonds. The van der Waals surface area contributed by atoms with E-state index in [-0.39, 0.29) is 23.1 Å². The third-order valence-corrected chi connectivity index (χ3v) is 6.67. The van der Waals surface area contributed by atoms with Crippen molar-refractivity contribution in [2.45, 2.75) is 44.9 Å². The van der Waals surface area contributed by atoms with Crippen LogP contribution in [-0.2, 0) is 16.0 Å². The summed E-state index contributed by atoms with van der Waals surface area (Å²) in [4.78, 5) is 24.3. The maximum absolute atomic E-state index is 12.4. The summed E-state index contributed by atoms with van der Waals surface area (Å²) < 4.78 is 5.27. The fourth-order valence-electron chi connectivity index (χ4n) is 5.13. The summed E-state index contributed by atoms with van der Waals surface area (Å²) in [6.07, 6.45) is 4.43. The SMILES string of the molecule is C[C@]12CCC3c4ccc(OP)cc4CCC3C1CC(=O)NC2=O. The molecule has 2 aliphatic carbocycles. The highest BCUT2D eigenvalue weighted by atomic mass is 31.0. The number of rotatable bonds is 1. The van der Waals surface area contributed by atoms with E-state index in [0.717, 1.165) is 31.4 Å². The molecule has 1 aromatic rings. The highest BCUT2D eigenvalue weighted by Crippen LogP contribution is 2.57. The average molecular weight is 331 g/mol. The minimum atomic E-state index is -0.379. The smallest absolute Gasteiger partial charge is 0.232 e. The molecule has 0 aromatic heterocycles. The maximum atomic E-state index is 12.4. The second-order valence-corrected chi connectivity index (χ2v) is 7.67. The number of piperidine rings is 1. The molecule has 4 unspecified atom stereocenters. The number of hydrogen-bond donors (Lipinski definition) is 1. The lowest BCUT2D eigenvalue weighted by Gasteiger charge is -2.52. The number of carbonyl (C=O) groups is 2. The van der Waals surface area contributed by atoms with E-state index < -0.39 is 0 Å². The summed E-state index contributed by atoms with van der Waals surface area (Å²) in [5.74, 6) is 1.78. The Bertz CT molecular complexity index is 689. The van der Waals surface area contributed by atoms with Crippen LogP contribution in [0.25, 0.3) is 0 Å². The largest absolute Gasteiger partial charge is 0.480 e. The maximum Gasteiger partial charge on any atom is 0.232 e. The van der Waals surface area contributed by atoms with Crippen LogP contribution in [0.4, 0.5) is 0 Å². The summed E-state index contributed by atoms with van der Waals surface area (Å²) >= 11 is 0. The molecule has 1 aromatic carbocycles. The second kappa shape index (κ2) is 5.31. The van der Waals surface area contributed by atoms with E-state index in [1.165, 1.54) is 11.1 Å². The molecule has 122 valence electrons. The van der Waals surface area contributed by atoms with Crippen LogP contribution in [0.3, 0.4) is 0 Å². The highest BCUT2D eigenvalue weighted by molar-refractivity contribution is 7.10. The molecule has 0 spiro atoms. The first-order chi connectivity index (χ1) is 11.0. The van der Waals surface area contributed by atoms with Gasteiger partial charge in [0.2, 0.25) is 11.8 Å². The first kappa shape index (κ1) is 15.1. The van der Waals surface area contributed by atoms with Crippen molar-refractivity contribution in [2.75, 3.05) is 0 Å². The Labute approximate surface area is 138 Å². The van der Waals surface area contributed by atoms with Gasteiger partial charge in [-0.1, -0.05) is 13.0 Å². The van der Waals surface area contributed by atoms with Gasteiger partial charge in [0.05, 0.1) is 14.9 Å². The van der Waals surface area contributed by atoms with Crippen molar-refractivity contribution in [2.24, 2.45) is 17.3 Å². The molecule has 1 aliphatic heterocycles. The molecule has 23 heavy (non-hydrogen) atoms. The third kappa shape index (κ3) is 2.22. The number of hydrogen-bond acceptors (Lipinski definition) is 3. The van der Waals surface area contributed by atoms with Gasteiger partial charge in [0.1, 0.15) is 5.75 Å². The van der Waals surface area contributed by atoms with Gasteiger partial charge < -0.3 is 4.52 Å². The van der Waals surface area contributed by atoms with Crippen molar-refractivity contribution in [1.82, 2.24) is 5.32 Å². The molecule has 0 bridgehead atoms. The highest BCUT2D eigenvalue weighted by Gasteiger charge is 2.54. The van der Waals surface area contributed by atoms with Crippen molar-refractivity contribution in [3.05, 3.63) is 29.3 Å². The Morgan fingerprint density at radius 1 is 1.30 bits per heavy atom. The molecule has 2 fully saturated rings. The molecule has 5 atom stereocenters. The number of benzene rings is 1. The van der Waals surface area contributed by atoms with Gasteiger partial charge >= 0.3 is 0 Å². The van der Waals surface area contributed by atoms with Crippen LogP contribution in [0.15, 0.2) is 18.2 Å². The van der Waals surface area contributed by atoms with Crippen LogP contribution >= 0.6 is 9.47 Å². The van der Waals surface area contributed by atoms with Gasteiger partial charge in [-0.15, -0.1) is 0 Å². The van der Waals surface area contributed by atoms with Gasteiger partial charge in [-0.2, -0.15) is 0 Å². The van der Waals surface area contributed by atoms with Crippen LogP contribution in [-0.4, -0.2) is 11.8 Å². The van der Waals surface area contributed by atoms with E-state index in [2.05, 4.69) is 33.8 Å². The summed E-state index contributed by atoms with van der Waals surface area (Å²) in [5, 5.41) is 2.55. The third-order valence-electron chi connectivity index (χ3n) is 6.40. The second-order valence-electron chi connectivity index (χ2n) is 7.43. The fourth-order valence-corrected chi connectivity index (χ4v) is 5.28. The van der Waals surface area contributed by atoms with Crippen molar-refractivity contribution in [3.8, 4) is 5.75 Å². The summed E-state index contributed by atoms with van der Waals surface area (Å²) in [5.41, 5.74) is 2.38. The zero-order chi connectivity index (χ0) is 16.2. The Morgan fingerprint density at radius 2 is 2.13 bits per heavy atom. The van der Waals surface area contributed by atoms with E-state index in [0.29, 0.717) is 18.3 Å². The number of carbonyl (C=O) groups excluding carboxylic acids is 2. The Kier molecular flexibility index (Phi) is 3.49. The molecule has 5 heteroatoms. The zero-order valence-corrected chi connectivity index (χ0v) is 14.5. The molecule has 1 saturated heterocycles. The standard InChI is InChI=1S/C18H22NO3P/c1-18-7-6-13-12-5-3-11(22-23)8-10(12)2-4-14(13)15(18)9-16(20)19-17(18)21/h3,5,8,13-15H,2,4,6-7,9,23H2,1H3,(H,19,20,21)/t13?,14?,15?,18-/m0/s1. The van der Waals surface area contributed by atoms with E-state index in [1.807, 2.05) is 6.07 Å². The minimum Gasteiger partial charge on any atom is -0.480 e. The lowest BCUT2D eigenvalue weighted by Crippen LogP contribution is -2.57. The number of aryl methyl sites for hydroxylation is 1. The van der Waals surface area contributed by atoms with Crippen molar-refractivity contribution < 1.29 is 14.1 Å². The summed E-state index contributed by atoms with van der Waals surface area (Å²) in [6.45, 7) is 2.05. The molecule has 1 saturated carbocycles. The van der Waals surface area contributed by atoms with E-state index in [4.69, 9.17) is 4.52 Å². The number of fused-ring (bicyclic) bond motifs is 5. The number of nitrogens with one attached hydrogen (secondary N) is 1. The van der Waals surface area contributed by atoms with E-state index >= 15 is 0 Å². The van der Waals surface area contributed by atoms with Crippen LogP contribution in [0.5, 0.6) is 5.75 Å². The lowest BCUT2D eigenvalue weighted by atomic mass is 9.52.